The number of aryl methyl sites for hydroxylation is 1. The lowest BCUT2D eigenvalue weighted by atomic mass is 10.1. The first-order chi connectivity index (χ1) is 12.9. The Labute approximate surface area is 157 Å². The minimum atomic E-state index is -0.727. The number of carbonyl (C=O) groups is 3. The highest BCUT2D eigenvalue weighted by Gasteiger charge is 2.13. The van der Waals surface area contributed by atoms with Crippen molar-refractivity contribution in [2.24, 2.45) is 0 Å². The van der Waals surface area contributed by atoms with Crippen LogP contribution >= 0.6 is 0 Å². The van der Waals surface area contributed by atoms with Gasteiger partial charge in [0.25, 0.3) is 5.91 Å². The number of esters is 2. The van der Waals surface area contributed by atoms with Crippen LogP contribution < -0.4 is 10.6 Å². The predicted molar refractivity (Wildman–Crippen MR) is 101 cm³/mol. The lowest BCUT2D eigenvalue weighted by molar-refractivity contribution is -0.138. The summed E-state index contributed by atoms with van der Waals surface area (Å²) in [6, 6.07) is 13.9. The topological polar surface area (TPSA) is 93.7 Å². The van der Waals surface area contributed by atoms with E-state index >= 15 is 0 Å². The molecule has 0 spiro atoms. The molecule has 2 aromatic carbocycles. The van der Waals surface area contributed by atoms with Crippen molar-refractivity contribution in [3.8, 4) is 0 Å². The highest BCUT2D eigenvalue weighted by atomic mass is 16.5. The fraction of sp³-hybridized carbons (Fsp3) is 0.150. The normalized spacial score (nSPS) is 10.7. The van der Waals surface area contributed by atoms with Crippen LogP contribution in [0.25, 0.3) is 0 Å². The van der Waals surface area contributed by atoms with Crippen molar-refractivity contribution in [1.29, 1.82) is 0 Å². The number of rotatable bonds is 6. The van der Waals surface area contributed by atoms with Crippen molar-refractivity contribution < 1.29 is 23.9 Å². The van der Waals surface area contributed by atoms with Gasteiger partial charge in [0, 0.05) is 16.9 Å². The van der Waals surface area contributed by atoms with E-state index in [4.69, 9.17) is 0 Å². The molecule has 2 rings (SSSR count). The zero-order chi connectivity index (χ0) is 19.8. The third-order valence-corrected chi connectivity index (χ3v) is 3.55. The fourth-order valence-corrected chi connectivity index (χ4v) is 2.25. The maximum absolute atomic E-state index is 12.4. The Kier molecular flexibility index (Phi) is 6.71. The Morgan fingerprint density at radius 1 is 0.889 bits per heavy atom. The molecule has 7 heteroatoms. The lowest BCUT2D eigenvalue weighted by Gasteiger charge is -2.11. The van der Waals surface area contributed by atoms with Gasteiger partial charge >= 0.3 is 11.9 Å². The van der Waals surface area contributed by atoms with E-state index < -0.39 is 11.9 Å². The number of benzene rings is 2. The number of hydrogen-bond acceptors (Lipinski definition) is 6. The van der Waals surface area contributed by atoms with E-state index in [2.05, 4.69) is 20.1 Å². The fourth-order valence-electron chi connectivity index (χ4n) is 2.25. The minimum Gasteiger partial charge on any atom is -0.466 e. The van der Waals surface area contributed by atoms with Gasteiger partial charge in [-0.1, -0.05) is 23.8 Å². The number of anilines is 2. The zero-order valence-electron chi connectivity index (χ0n) is 15.2. The van der Waals surface area contributed by atoms with Crippen LogP contribution in [0.2, 0.25) is 0 Å². The predicted octanol–water partition coefficient (Wildman–Crippen LogP) is 2.89. The van der Waals surface area contributed by atoms with E-state index in [-0.39, 0.29) is 11.6 Å². The second-order valence-corrected chi connectivity index (χ2v) is 5.60. The van der Waals surface area contributed by atoms with Crippen LogP contribution in [0.4, 0.5) is 11.4 Å². The van der Waals surface area contributed by atoms with Gasteiger partial charge in [-0.05, 0) is 37.3 Å². The highest BCUT2D eigenvalue weighted by molar-refractivity contribution is 6.04. The summed E-state index contributed by atoms with van der Waals surface area (Å²) in [6.07, 6.45) is 0.990. The number of amides is 1. The van der Waals surface area contributed by atoms with Crippen LogP contribution in [0, 0.1) is 6.92 Å². The average molecular weight is 368 g/mol. The molecule has 7 nitrogen and oxygen atoms in total. The molecule has 0 aliphatic carbocycles. The molecule has 0 aromatic heterocycles. The molecule has 1 amide bonds. The molecule has 0 heterocycles. The molecule has 0 saturated carbocycles. The second kappa shape index (κ2) is 9.19. The smallest absolute Gasteiger partial charge is 0.354 e. The summed E-state index contributed by atoms with van der Waals surface area (Å²) in [6.45, 7) is 1.91. The first kappa shape index (κ1) is 19.7. The summed E-state index contributed by atoms with van der Waals surface area (Å²) in [5.74, 6) is -1.68. The summed E-state index contributed by atoms with van der Waals surface area (Å²) in [7, 11) is 2.41. The van der Waals surface area contributed by atoms with Crippen molar-refractivity contribution in [1.82, 2.24) is 0 Å². The van der Waals surface area contributed by atoms with Gasteiger partial charge in [-0.2, -0.15) is 0 Å². The molecule has 0 aliphatic rings. The molecule has 2 aromatic rings. The molecule has 0 saturated heterocycles. The summed E-state index contributed by atoms with van der Waals surface area (Å²) in [5, 5.41) is 5.58. The molecule has 0 bridgehead atoms. The maximum atomic E-state index is 12.4. The first-order valence-electron chi connectivity index (χ1n) is 8.06. The number of hydrogen-bond donors (Lipinski definition) is 2. The van der Waals surface area contributed by atoms with Crippen molar-refractivity contribution >= 4 is 29.2 Å². The van der Waals surface area contributed by atoms with Gasteiger partial charge in [0.05, 0.1) is 20.3 Å². The SMILES string of the molecule is COC(=O)/C=C(/Nc1cccc(NC(=O)c2cccc(C)c2)c1)C(=O)OC. The molecular weight excluding hydrogens is 348 g/mol. The van der Waals surface area contributed by atoms with E-state index in [0.29, 0.717) is 16.9 Å². The van der Waals surface area contributed by atoms with E-state index in [0.717, 1.165) is 11.6 Å². The Hall–Kier alpha value is -3.61. The number of methoxy groups -OCH3 is 2. The van der Waals surface area contributed by atoms with Crippen molar-refractivity contribution in [2.75, 3.05) is 24.9 Å². The Morgan fingerprint density at radius 2 is 1.56 bits per heavy atom. The van der Waals surface area contributed by atoms with Crippen LogP contribution in [0.1, 0.15) is 15.9 Å². The minimum absolute atomic E-state index is 0.0912. The standard InChI is InChI=1S/C20H20N2O5/c1-13-6-4-7-14(10-13)19(24)22-16-9-5-8-15(11-16)21-17(20(25)27-3)12-18(23)26-2/h4-12,21H,1-3H3,(H,22,24)/b17-12+. The maximum Gasteiger partial charge on any atom is 0.354 e. The third kappa shape index (κ3) is 5.71. The quantitative estimate of drug-likeness (QED) is 0.601. The van der Waals surface area contributed by atoms with Crippen LogP contribution in [-0.4, -0.2) is 32.1 Å². The van der Waals surface area contributed by atoms with Gasteiger partial charge in [0.15, 0.2) is 0 Å². The summed E-state index contributed by atoms with van der Waals surface area (Å²) in [4.78, 5) is 35.6. The first-order valence-corrected chi connectivity index (χ1v) is 8.06. The van der Waals surface area contributed by atoms with Gasteiger partial charge in [0.1, 0.15) is 5.70 Å². The van der Waals surface area contributed by atoms with E-state index in [1.165, 1.54) is 14.2 Å². The van der Waals surface area contributed by atoms with E-state index in [1.807, 2.05) is 19.1 Å². The molecule has 0 unspecified atom stereocenters. The molecule has 27 heavy (non-hydrogen) atoms. The van der Waals surface area contributed by atoms with Crippen LogP contribution in [0.15, 0.2) is 60.3 Å². The van der Waals surface area contributed by atoms with Crippen molar-refractivity contribution in [2.45, 2.75) is 6.92 Å². The second-order valence-electron chi connectivity index (χ2n) is 5.60. The van der Waals surface area contributed by atoms with Crippen LogP contribution in [0.3, 0.4) is 0 Å². The van der Waals surface area contributed by atoms with Crippen molar-refractivity contribution in [3.63, 3.8) is 0 Å². The van der Waals surface area contributed by atoms with Gasteiger partial charge in [0.2, 0.25) is 0 Å². The molecule has 0 fully saturated rings. The Bertz CT molecular complexity index is 889. The molecule has 0 aliphatic heterocycles. The van der Waals surface area contributed by atoms with Crippen LogP contribution in [-0.2, 0) is 19.1 Å². The number of ether oxygens (including phenoxy) is 2. The molecule has 0 atom stereocenters. The van der Waals surface area contributed by atoms with Crippen molar-refractivity contribution in [3.05, 3.63) is 71.4 Å². The third-order valence-electron chi connectivity index (χ3n) is 3.55. The van der Waals surface area contributed by atoms with Crippen LogP contribution in [0.5, 0.6) is 0 Å². The van der Waals surface area contributed by atoms with Gasteiger partial charge in [-0.15, -0.1) is 0 Å². The zero-order valence-corrected chi connectivity index (χ0v) is 15.2. The van der Waals surface area contributed by atoms with Gasteiger partial charge < -0.3 is 20.1 Å². The van der Waals surface area contributed by atoms with E-state index in [9.17, 15) is 14.4 Å². The molecule has 2 N–H and O–H groups in total. The number of carbonyl (C=O) groups excluding carboxylic acids is 3. The Balaban J connectivity index is 2.18. The van der Waals surface area contributed by atoms with Gasteiger partial charge in [-0.3, -0.25) is 4.79 Å². The number of nitrogens with one attached hydrogen (secondary N) is 2. The summed E-state index contributed by atoms with van der Waals surface area (Å²) in [5.41, 5.74) is 2.43. The molecular formula is C20H20N2O5. The lowest BCUT2D eigenvalue weighted by Crippen LogP contribution is -2.16. The molecule has 140 valence electrons. The van der Waals surface area contributed by atoms with Gasteiger partial charge in [-0.25, -0.2) is 9.59 Å². The largest absolute Gasteiger partial charge is 0.466 e. The van der Waals surface area contributed by atoms with E-state index in [1.54, 1.807) is 36.4 Å². The highest BCUT2D eigenvalue weighted by Crippen LogP contribution is 2.18. The summed E-state index contributed by atoms with van der Waals surface area (Å²) < 4.78 is 9.17. The molecule has 0 radical (unpaired) electrons. The Morgan fingerprint density at radius 3 is 2.19 bits per heavy atom. The monoisotopic (exact) mass is 368 g/mol. The average Bonchev–Trinajstić information content (AvgIpc) is 2.67. The summed E-state index contributed by atoms with van der Waals surface area (Å²) >= 11 is 0.